The highest BCUT2D eigenvalue weighted by molar-refractivity contribution is 7.15. The van der Waals surface area contributed by atoms with Crippen molar-refractivity contribution in [1.82, 2.24) is 4.98 Å². The number of aryl methyl sites for hydroxylation is 1. The molecule has 0 aliphatic heterocycles. The van der Waals surface area contributed by atoms with Crippen molar-refractivity contribution < 1.29 is 18.3 Å². The fourth-order valence-electron chi connectivity index (χ4n) is 1.33. The largest absolute Gasteiger partial charge is 0.390 e. The Hall–Kier alpha value is -0.820. The second kappa shape index (κ2) is 5.22. The molecule has 0 fully saturated rings. The predicted molar refractivity (Wildman–Crippen MR) is 61.4 cm³/mol. The minimum absolute atomic E-state index is 0.129. The van der Waals surface area contributed by atoms with Gasteiger partial charge in [0.25, 0.3) is 0 Å². The number of aromatic nitrogens is 1. The van der Waals surface area contributed by atoms with Crippen molar-refractivity contribution in [2.75, 3.05) is 18.5 Å². The highest BCUT2D eigenvalue weighted by Gasteiger charge is 2.27. The molecule has 0 amide bonds. The molecule has 0 spiro atoms. The van der Waals surface area contributed by atoms with E-state index < -0.39 is 18.7 Å². The average Bonchev–Trinajstić information content (AvgIpc) is 2.55. The van der Waals surface area contributed by atoms with Crippen LogP contribution in [0, 0.1) is 6.92 Å². The van der Waals surface area contributed by atoms with Crippen molar-refractivity contribution in [2.45, 2.75) is 32.5 Å². The van der Waals surface area contributed by atoms with Crippen molar-refractivity contribution in [3.05, 3.63) is 10.6 Å². The van der Waals surface area contributed by atoms with E-state index in [4.69, 9.17) is 0 Å². The molecular formula is C10H15F3N2OS. The van der Waals surface area contributed by atoms with Crippen molar-refractivity contribution in [2.24, 2.45) is 0 Å². The number of nitrogens with zero attached hydrogens (tertiary/aromatic N) is 2. The van der Waals surface area contributed by atoms with Crippen molar-refractivity contribution in [3.63, 3.8) is 0 Å². The lowest BCUT2D eigenvalue weighted by atomic mass is 10.3. The number of hydrogen-bond acceptors (Lipinski definition) is 4. The predicted octanol–water partition coefficient (Wildman–Crippen LogP) is 2.89. The molecule has 17 heavy (non-hydrogen) atoms. The number of aliphatic hydroxyl groups excluding tert-OH is 1. The third-order valence-electron chi connectivity index (χ3n) is 2.26. The van der Waals surface area contributed by atoms with Crippen LogP contribution in [-0.4, -0.2) is 29.9 Å². The maximum atomic E-state index is 12.1. The van der Waals surface area contributed by atoms with Gasteiger partial charge in [-0.25, -0.2) is 4.98 Å². The van der Waals surface area contributed by atoms with E-state index in [2.05, 4.69) is 4.98 Å². The lowest BCUT2D eigenvalue weighted by molar-refractivity contribution is -0.132. The van der Waals surface area contributed by atoms with E-state index in [9.17, 15) is 18.3 Å². The van der Waals surface area contributed by atoms with Crippen molar-refractivity contribution in [3.8, 4) is 0 Å². The Morgan fingerprint density at radius 2 is 2.06 bits per heavy atom. The minimum atomic E-state index is -4.16. The van der Waals surface area contributed by atoms with Crippen LogP contribution in [0.2, 0.25) is 0 Å². The molecule has 0 aromatic carbocycles. The molecule has 7 heteroatoms. The number of halogens is 3. The molecule has 0 aliphatic carbocycles. The van der Waals surface area contributed by atoms with Crippen LogP contribution in [0.15, 0.2) is 0 Å². The number of rotatable bonds is 4. The highest BCUT2D eigenvalue weighted by atomic mass is 32.1. The van der Waals surface area contributed by atoms with Crippen LogP contribution in [0.4, 0.5) is 18.3 Å². The fourth-order valence-corrected chi connectivity index (χ4v) is 2.32. The van der Waals surface area contributed by atoms with E-state index in [-0.39, 0.29) is 6.54 Å². The zero-order chi connectivity index (χ0) is 13.2. The third-order valence-corrected chi connectivity index (χ3v) is 3.70. The highest BCUT2D eigenvalue weighted by Crippen LogP contribution is 2.30. The quantitative estimate of drug-likeness (QED) is 0.912. The van der Waals surface area contributed by atoms with Gasteiger partial charge in [-0.1, -0.05) is 11.3 Å². The summed E-state index contributed by atoms with van der Waals surface area (Å²) < 4.78 is 36.2. The zero-order valence-electron chi connectivity index (χ0n) is 9.88. The number of alkyl halides is 3. The van der Waals surface area contributed by atoms with Crippen LogP contribution in [0.1, 0.15) is 30.0 Å². The molecule has 0 bridgehead atoms. The number of anilines is 1. The average molecular weight is 268 g/mol. The summed E-state index contributed by atoms with van der Waals surface area (Å²) in [6, 6.07) is 0. The monoisotopic (exact) mass is 268 g/mol. The summed E-state index contributed by atoms with van der Waals surface area (Å²) >= 11 is 1.22. The first-order valence-electron chi connectivity index (χ1n) is 5.14. The summed E-state index contributed by atoms with van der Waals surface area (Å²) in [5.74, 6) is 0. The molecule has 0 saturated carbocycles. The van der Waals surface area contributed by atoms with Gasteiger partial charge in [0, 0.05) is 13.6 Å². The van der Waals surface area contributed by atoms with Crippen LogP contribution >= 0.6 is 11.3 Å². The topological polar surface area (TPSA) is 36.4 Å². The summed E-state index contributed by atoms with van der Waals surface area (Å²) in [6.45, 7) is 3.22. The first-order chi connectivity index (χ1) is 7.70. The second-order valence-electron chi connectivity index (χ2n) is 3.91. The summed E-state index contributed by atoms with van der Waals surface area (Å²) in [7, 11) is 1.57. The molecule has 98 valence electrons. The molecule has 3 nitrogen and oxygen atoms in total. The maximum Gasteiger partial charge on any atom is 0.390 e. The SMILES string of the molecule is Cc1nc(N(C)CCC(F)(F)F)sc1C(C)O. The molecule has 1 aromatic heterocycles. The minimum Gasteiger partial charge on any atom is -0.388 e. The van der Waals surface area contributed by atoms with E-state index in [0.29, 0.717) is 15.7 Å². The normalized spacial score (nSPS) is 13.8. The fraction of sp³-hybridized carbons (Fsp3) is 0.700. The zero-order valence-corrected chi connectivity index (χ0v) is 10.7. The Balaban J connectivity index is 2.70. The van der Waals surface area contributed by atoms with Gasteiger partial charge in [-0.2, -0.15) is 13.2 Å². The molecule has 1 heterocycles. The Morgan fingerprint density at radius 1 is 1.47 bits per heavy atom. The van der Waals surface area contributed by atoms with Gasteiger partial charge >= 0.3 is 6.18 Å². The van der Waals surface area contributed by atoms with Crippen molar-refractivity contribution >= 4 is 16.5 Å². The van der Waals surface area contributed by atoms with E-state index in [1.807, 2.05) is 0 Å². The molecule has 1 N–H and O–H groups in total. The Bertz CT molecular complexity index is 376. The van der Waals surface area contributed by atoms with Crippen LogP contribution in [0.25, 0.3) is 0 Å². The van der Waals surface area contributed by atoms with Crippen LogP contribution in [0.5, 0.6) is 0 Å². The molecule has 1 atom stereocenters. The third kappa shape index (κ3) is 4.16. The lowest BCUT2D eigenvalue weighted by Gasteiger charge is -2.16. The Kier molecular flexibility index (Phi) is 4.37. The van der Waals surface area contributed by atoms with Gasteiger partial charge in [0.1, 0.15) is 0 Å². The van der Waals surface area contributed by atoms with Gasteiger partial charge in [-0.15, -0.1) is 0 Å². The van der Waals surface area contributed by atoms with Gasteiger partial charge in [0.2, 0.25) is 0 Å². The van der Waals surface area contributed by atoms with Gasteiger partial charge in [-0.3, -0.25) is 0 Å². The molecule has 1 unspecified atom stereocenters. The summed E-state index contributed by atoms with van der Waals surface area (Å²) in [4.78, 5) is 6.30. The van der Waals surface area contributed by atoms with Crippen LogP contribution in [0.3, 0.4) is 0 Å². The summed E-state index contributed by atoms with van der Waals surface area (Å²) in [5.41, 5.74) is 0.666. The van der Waals surface area contributed by atoms with E-state index in [1.165, 1.54) is 16.2 Å². The molecule has 1 rings (SSSR count). The summed E-state index contributed by atoms with van der Waals surface area (Å²) in [5, 5.41) is 9.93. The molecule has 0 aliphatic rings. The maximum absolute atomic E-state index is 12.1. The van der Waals surface area contributed by atoms with Gasteiger partial charge in [-0.05, 0) is 13.8 Å². The second-order valence-corrected chi connectivity index (χ2v) is 4.92. The van der Waals surface area contributed by atoms with Crippen LogP contribution in [-0.2, 0) is 0 Å². The molecular weight excluding hydrogens is 253 g/mol. The standard InChI is InChI=1S/C10H15F3N2OS/c1-6-8(7(2)16)17-9(14-6)15(3)5-4-10(11,12)13/h7,16H,4-5H2,1-3H3. The number of hydrogen-bond donors (Lipinski definition) is 1. The van der Waals surface area contributed by atoms with Crippen molar-refractivity contribution in [1.29, 1.82) is 0 Å². The van der Waals surface area contributed by atoms with Gasteiger partial charge in [0.05, 0.1) is 23.1 Å². The first-order valence-corrected chi connectivity index (χ1v) is 5.95. The Labute approximate surface area is 102 Å². The van der Waals surface area contributed by atoms with E-state index in [1.54, 1.807) is 20.9 Å². The molecule has 0 saturated heterocycles. The van der Waals surface area contributed by atoms with E-state index >= 15 is 0 Å². The summed E-state index contributed by atoms with van der Waals surface area (Å²) in [6.07, 6.45) is -5.67. The van der Waals surface area contributed by atoms with Gasteiger partial charge < -0.3 is 10.0 Å². The first kappa shape index (κ1) is 14.2. The Morgan fingerprint density at radius 3 is 2.47 bits per heavy atom. The van der Waals surface area contributed by atoms with E-state index in [0.717, 1.165) is 0 Å². The van der Waals surface area contributed by atoms with Crippen LogP contribution < -0.4 is 4.90 Å². The van der Waals surface area contributed by atoms with Gasteiger partial charge in [0.15, 0.2) is 5.13 Å². The molecule has 1 aromatic rings. The smallest absolute Gasteiger partial charge is 0.388 e. The molecule has 0 radical (unpaired) electrons. The lowest BCUT2D eigenvalue weighted by Crippen LogP contribution is -2.23. The number of thiazole rings is 1. The number of aliphatic hydroxyl groups is 1.